The van der Waals surface area contributed by atoms with Gasteiger partial charge in [0.25, 0.3) is 0 Å². The summed E-state index contributed by atoms with van der Waals surface area (Å²) in [6.07, 6.45) is 4.56. The van der Waals surface area contributed by atoms with Crippen LogP contribution < -0.4 is 24.3 Å². The number of carbonyl (C=O) groups is 1. The van der Waals surface area contributed by atoms with E-state index in [1.807, 2.05) is 73.7 Å². The first kappa shape index (κ1) is 23.8. The second-order valence-corrected chi connectivity index (χ2v) is 8.82. The number of methoxy groups -OCH3 is 2. The standard InChI is InChI=1S/C29H29NO6/c1-18-11-26-28(36-17-35-26)13-20(18)9-10-23-22-15-25(32-2)27(34-16-19-7-5-4-6-8-19)14-21(22)12-24(30-23)29(31)33-3/h4-11,13-15,23-24,30H,12,16-17H2,1-3H3/b10-9+. The van der Waals surface area contributed by atoms with Crippen LogP contribution in [0.4, 0.5) is 0 Å². The van der Waals surface area contributed by atoms with Crippen molar-refractivity contribution in [1.29, 1.82) is 0 Å². The molecule has 0 aromatic heterocycles. The molecule has 0 radical (unpaired) electrons. The average Bonchev–Trinajstić information content (AvgIpc) is 3.36. The van der Waals surface area contributed by atoms with Gasteiger partial charge in [-0.25, -0.2) is 0 Å². The molecule has 0 aliphatic carbocycles. The fourth-order valence-electron chi connectivity index (χ4n) is 4.57. The summed E-state index contributed by atoms with van der Waals surface area (Å²) in [5, 5.41) is 3.42. The molecule has 3 aromatic rings. The maximum Gasteiger partial charge on any atom is 0.323 e. The minimum Gasteiger partial charge on any atom is -0.493 e. The van der Waals surface area contributed by atoms with E-state index in [0.29, 0.717) is 24.5 Å². The first-order chi connectivity index (χ1) is 17.6. The van der Waals surface area contributed by atoms with Gasteiger partial charge in [-0.2, -0.15) is 0 Å². The average molecular weight is 488 g/mol. The number of hydrogen-bond acceptors (Lipinski definition) is 7. The molecule has 2 aliphatic heterocycles. The predicted octanol–water partition coefficient (Wildman–Crippen LogP) is 4.75. The quantitative estimate of drug-likeness (QED) is 0.482. The Morgan fingerprint density at radius 2 is 1.83 bits per heavy atom. The van der Waals surface area contributed by atoms with Crippen molar-refractivity contribution in [1.82, 2.24) is 5.32 Å². The summed E-state index contributed by atoms with van der Waals surface area (Å²) in [5.41, 5.74) is 5.17. The Balaban J connectivity index is 1.47. The molecule has 2 aliphatic rings. The van der Waals surface area contributed by atoms with Crippen LogP contribution in [0.5, 0.6) is 23.0 Å². The Bertz CT molecular complexity index is 1290. The molecule has 0 amide bonds. The fraction of sp³-hybridized carbons (Fsp3) is 0.276. The van der Waals surface area contributed by atoms with E-state index in [9.17, 15) is 4.79 Å². The highest BCUT2D eigenvalue weighted by molar-refractivity contribution is 5.77. The van der Waals surface area contributed by atoms with Gasteiger partial charge in [0.1, 0.15) is 12.6 Å². The van der Waals surface area contributed by atoms with Crippen molar-refractivity contribution in [2.75, 3.05) is 21.0 Å². The SMILES string of the molecule is COC(=O)C1Cc2cc(OCc3ccccc3)c(OC)cc2C(/C=C/c2cc3c(cc2C)OCO3)N1. The molecule has 7 heteroatoms. The fourth-order valence-corrected chi connectivity index (χ4v) is 4.57. The number of fused-ring (bicyclic) bond motifs is 2. The molecular formula is C29H29NO6. The molecule has 0 saturated heterocycles. The summed E-state index contributed by atoms with van der Waals surface area (Å²) in [5.74, 6) is 2.46. The van der Waals surface area contributed by atoms with E-state index in [-0.39, 0.29) is 18.8 Å². The van der Waals surface area contributed by atoms with Crippen LogP contribution in [0.25, 0.3) is 6.08 Å². The van der Waals surface area contributed by atoms with Crippen LogP contribution in [0, 0.1) is 6.92 Å². The summed E-state index contributed by atoms with van der Waals surface area (Å²) in [7, 11) is 3.04. The van der Waals surface area contributed by atoms with E-state index in [1.54, 1.807) is 7.11 Å². The van der Waals surface area contributed by atoms with Crippen LogP contribution >= 0.6 is 0 Å². The third-order valence-electron chi connectivity index (χ3n) is 6.52. The van der Waals surface area contributed by atoms with Gasteiger partial charge in [0.2, 0.25) is 6.79 Å². The number of rotatable bonds is 7. The molecule has 2 heterocycles. The summed E-state index contributed by atoms with van der Waals surface area (Å²) < 4.78 is 27.9. The van der Waals surface area contributed by atoms with Crippen molar-refractivity contribution in [2.24, 2.45) is 0 Å². The highest BCUT2D eigenvalue weighted by atomic mass is 16.7. The highest BCUT2D eigenvalue weighted by Crippen LogP contribution is 2.39. The van der Waals surface area contributed by atoms with Gasteiger partial charge in [0.15, 0.2) is 23.0 Å². The number of carbonyl (C=O) groups excluding carboxylic acids is 1. The summed E-state index contributed by atoms with van der Waals surface area (Å²) >= 11 is 0. The summed E-state index contributed by atoms with van der Waals surface area (Å²) in [4.78, 5) is 12.5. The van der Waals surface area contributed by atoms with Crippen LogP contribution in [0.3, 0.4) is 0 Å². The molecule has 7 nitrogen and oxygen atoms in total. The van der Waals surface area contributed by atoms with Gasteiger partial charge in [-0.1, -0.05) is 42.5 Å². The van der Waals surface area contributed by atoms with Gasteiger partial charge in [-0.05, 0) is 65.4 Å². The Morgan fingerprint density at radius 3 is 2.58 bits per heavy atom. The van der Waals surface area contributed by atoms with Crippen LogP contribution in [0.2, 0.25) is 0 Å². The summed E-state index contributed by atoms with van der Waals surface area (Å²) in [6.45, 7) is 2.68. The van der Waals surface area contributed by atoms with Crippen molar-refractivity contribution in [2.45, 2.75) is 32.0 Å². The van der Waals surface area contributed by atoms with E-state index < -0.39 is 6.04 Å². The van der Waals surface area contributed by atoms with E-state index in [0.717, 1.165) is 39.3 Å². The number of nitrogens with one attached hydrogen (secondary N) is 1. The van der Waals surface area contributed by atoms with Crippen molar-refractivity contribution in [3.8, 4) is 23.0 Å². The molecule has 2 unspecified atom stereocenters. The number of benzene rings is 3. The van der Waals surface area contributed by atoms with Gasteiger partial charge >= 0.3 is 5.97 Å². The van der Waals surface area contributed by atoms with E-state index in [1.165, 1.54) is 7.11 Å². The molecular weight excluding hydrogens is 458 g/mol. The predicted molar refractivity (Wildman–Crippen MR) is 135 cm³/mol. The second kappa shape index (κ2) is 10.3. The Morgan fingerprint density at radius 1 is 1.06 bits per heavy atom. The highest BCUT2D eigenvalue weighted by Gasteiger charge is 2.31. The zero-order chi connectivity index (χ0) is 25.1. The van der Waals surface area contributed by atoms with Crippen molar-refractivity contribution in [3.05, 3.63) is 88.5 Å². The smallest absolute Gasteiger partial charge is 0.323 e. The lowest BCUT2D eigenvalue weighted by Gasteiger charge is -2.31. The molecule has 0 fully saturated rings. The van der Waals surface area contributed by atoms with Crippen LogP contribution in [-0.4, -0.2) is 33.0 Å². The maximum atomic E-state index is 12.5. The minimum atomic E-state index is -0.481. The van der Waals surface area contributed by atoms with E-state index in [2.05, 4.69) is 5.32 Å². The van der Waals surface area contributed by atoms with Crippen molar-refractivity contribution in [3.63, 3.8) is 0 Å². The number of ether oxygens (including phenoxy) is 5. The van der Waals surface area contributed by atoms with Crippen LogP contribution in [0.1, 0.15) is 33.9 Å². The van der Waals surface area contributed by atoms with Gasteiger partial charge in [-0.3, -0.25) is 10.1 Å². The first-order valence-corrected chi connectivity index (χ1v) is 11.9. The maximum absolute atomic E-state index is 12.5. The molecule has 3 aromatic carbocycles. The Labute approximate surface area is 210 Å². The lowest BCUT2D eigenvalue weighted by molar-refractivity contribution is -0.143. The van der Waals surface area contributed by atoms with Gasteiger partial charge < -0.3 is 23.7 Å². The molecule has 186 valence electrons. The topological polar surface area (TPSA) is 75.3 Å². The molecule has 1 N–H and O–H groups in total. The lowest BCUT2D eigenvalue weighted by Crippen LogP contribution is -2.44. The first-order valence-electron chi connectivity index (χ1n) is 11.9. The zero-order valence-electron chi connectivity index (χ0n) is 20.6. The molecule has 36 heavy (non-hydrogen) atoms. The molecule has 2 atom stereocenters. The third-order valence-corrected chi connectivity index (χ3v) is 6.52. The third kappa shape index (κ3) is 4.88. The van der Waals surface area contributed by atoms with Crippen molar-refractivity contribution >= 4 is 12.0 Å². The van der Waals surface area contributed by atoms with Gasteiger partial charge in [0.05, 0.1) is 20.3 Å². The molecule has 0 saturated carbocycles. The lowest BCUT2D eigenvalue weighted by atomic mass is 9.89. The monoisotopic (exact) mass is 487 g/mol. The minimum absolute atomic E-state index is 0.231. The van der Waals surface area contributed by atoms with Crippen LogP contribution in [-0.2, 0) is 22.6 Å². The number of hydrogen-bond donors (Lipinski definition) is 1. The summed E-state index contributed by atoms with van der Waals surface area (Å²) in [6, 6.07) is 17.1. The van der Waals surface area contributed by atoms with E-state index in [4.69, 9.17) is 23.7 Å². The Hall–Kier alpha value is -3.97. The van der Waals surface area contributed by atoms with Gasteiger partial charge in [-0.15, -0.1) is 0 Å². The van der Waals surface area contributed by atoms with Crippen molar-refractivity contribution < 1.29 is 28.5 Å². The zero-order valence-corrected chi connectivity index (χ0v) is 20.6. The van der Waals surface area contributed by atoms with Gasteiger partial charge in [0, 0.05) is 0 Å². The molecule has 5 rings (SSSR count). The largest absolute Gasteiger partial charge is 0.493 e. The second-order valence-electron chi connectivity index (χ2n) is 8.82. The van der Waals surface area contributed by atoms with E-state index >= 15 is 0 Å². The number of aryl methyl sites for hydroxylation is 1. The normalized spacial score (nSPS) is 18.1. The molecule has 0 spiro atoms. The Kier molecular flexibility index (Phi) is 6.82. The van der Waals surface area contributed by atoms with Crippen LogP contribution in [0.15, 0.2) is 60.7 Å². The molecule has 0 bridgehead atoms. The number of esters is 1.